The predicted molar refractivity (Wildman–Crippen MR) is 118 cm³/mol. The number of esters is 1. The summed E-state index contributed by atoms with van der Waals surface area (Å²) in [6, 6.07) is 25.4. The smallest absolute Gasteiger partial charge is 0.313 e. The Morgan fingerprint density at radius 2 is 1.52 bits per heavy atom. The van der Waals surface area contributed by atoms with Crippen LogP contribution in [0.4, 0.5) is 0 Å². The molecule has 0 radical (unpaired) electrons. The van der Waals surface area contributed by atoms with Crippen LogP contribution in [0.15, 0.2) is 78.9 Å². The molecule has 0 aromatic heterocycles. The Balaban J connectivity index is 1.95. The van der Waals surface area contributed by atoms with Crippen LogP contribution < -0.4 is 10.6 Å². The fourth-order valence-electron chi connectivity index (χ4n) is 4.54. The van der Waals surface area contributed by atoms with Crippen molar-refractivity contribution in [2.75, 3.05) is 7.11 Å². The minimum atomic E-state index is -3.09. The third-order valence-corrected chi connectivity index (χ3v) is 9.55. The molecule has 3 aromatic carbocycles. The van der Waals surface area contributed by atoms with Crippen molar-refractivity contribution in [1.82, 2.24) is 0 Å². The van der Waals surface area contributed by atoms with Crippen molar-refractivity contribution in [3.63, 3.8) is 0 Å². The van der Waals surface area contributed by atoms with E-state index in [1.807, 2.05) is 67.6 Å². The average Bonchev–Trinajstić information content (AvgIpc) is 2.78. The first-order chi connectivity index (χ1) is 14.1. The van der Waals surface area contributed by atoms with Crippen molar-refractivity contribution in [2.45, 2.75) is 31.3 Å². The molecule has 3 aromatic rings. The number of fused-ring (bicyclic) bond motifs is 1. The van der Waals surface area contributed by atoms with Crippen molar-refractivity contribution in [2.24, 2.45) is 0 Å². The summed E-state index contributed by atoms with van der Waals surface area (Å²) < 4.78 is 20.1. The molecule has 0 amide bonds. The molecule has 1 aliphatic rings. The van der Waals surface area contributed by atoms with E-state index in [1.54, 1.807) is 0 Å². The number of carbonyl (C=O) groups excluding carboxylic acids is 1. The summed E-state index contributed by atoms with van der Waals surface area (Å²) >= 11 is 0. The van der Waals surface area contributed by atoms with Gasteiger partial charge in [0.05, 0.1) is 13.0 Å². The molecule has 4 rings (SSSR count). The maximum atomic E-state index is 14.9. The van der Waals surface area contributed by atoms with E-state index in [2.05, 4.69) is 18.2 Å². The lowest BCUT2D eigenvalue weighted by Crippen LogP contribution is -2.37. The van der Waals surface area contributed by atoms with Gasteiger partial charge >= 0.3 is 5.97 Å². The van der Waals surface area contributed by atoms with E-state index in [9.17, 15) is 9.36 Å². The summed E-state index contributed by atoms with van der Waals surface area (Å²) in [6.07, 6.45) is 1.48. The van der Waals surface area contributed by atoms with Gasteiger partial charge in [0.15, 0.2) is 0 Å². The standard InChI is InChI=1S/C25H25O3P/c1-18-13-14-19-15-16-23(24(22(19)17-18)25(26)28-2)29(27,20-9-5-3-6-10-20)21-11-7-4-8-12-21/h3-14,17,23-24H,15-16H2,1-2H3/t23-,24-/m1/s1. The zero-order valence-corrected chi connectivity index (χ0v) is 17.6. The highest BCUT2D eigenvalue weighted by Gasteiger charge is 2.47. The van der Waals surface area contributed by atoms with Crippen molar-refractivity contribution < 1.29 is 14.1 Å². The van der Waals surface area contributed by atoms with Gasteiger partial charge in [-0.05, 0) is 30.9 Å². The van der Waals surface area contributed by atoms with Crippen LogP contribution in [0, 0.1) is 6.92 Å². The first-order valence-electron chi connectivity index (χ1n) is 9.94. The molecule has 4 heteroatoms. The molecule has 2 atom stereocenters. The van der Waals surface area contributed by atoms with Crippen LogP contribution in [-0.2, 0) is 20.5 Å². The monoisotopic (exact) mass is 404 g/mol. The molecule has 0 saturated heterocycles. The number of hydrogen-bond acceptors (Lipinski definition) is 3. The summed E-state index contributed by atoms with van der Waals surface area (Å²) in [7, 11) is -1.68. The Kier molecular flexibility index (Phi) is 5.43. The first-order valence-corrected chi connectivity index (χ1v) is 11.7. The summed E-state index contributed by atoms with van der Waals surface area (Å²) in [5.41, 5.74) is 2.86. The molecule has 29 heavy (non-hydrogen) atoms. The largest absolute Gasteiger partial charge is 0.469 e. The van der Waals surface area contributed by atoms with Crippen molar-refractivity contribution >= 4 is 23.7 Å². The highest BCUT2D eigenvalue weighted by atomic mass is 31.2. The fourth-order valence-corrected chi connectivity index (χ4v) is 8.03. The van der Waals surface area contributed by atoms with E-state index in [-0.39, 0.29) is 11.6 Å². The van der Waals surface area contributed by atoms with Crippen LogP contribution in [-0.4, -0.2) is 18.7 Å². The number of benzene rings is 3. The van der Waals surface area contributed by atoms with Gasteiger partial charge in [-0.15, -0.1) is 0 Å². The molecule has 3 nitrogen and oxygen atoms in total. The summed E-state index contributed by atoms with van der Waals surface area (Å²) in [4.78, 5) is 13.0. The van der Waals surface area contributed by atoms with Crippen LogP contribution >= 0.6 is 7.14 Å². The molecule has 0 spiro atoms. The average molecular weight is 404 g/mol. The summed E-state index contributed by atoms with van der Waals surface area (Å²) in [5.74, 6) is -0.858. The lowest BCUT2D eigenvalue weighted by Gasteiger charge is -2.37. The van der Waals surface area contributed by atoms with Gasteiger partial charge in [-0.2, -0.15) is 0 Å². The fraction of sp³-hybridized carbons (Fsp3) is 0.240. The number of methoxy groups -OCH3 is 1. The summed E-state index contributed by atoms with van der Waals surface area (Å²) in [6.45, 7) is 2.02. The van der Waals surface area contributed by atoms with Crippen LogP contribution in [0.5, 0.6) is 0 Å². The number of carbonyl (C=O) groups is 1. The SMILES string of the molecule is COC(=O)[C@@H]1c2cc(C)ccc2CC[C@H]1P(=O)(c1ccccc1)c1ccccc1. The molecule has 0 heterocycles. The van der Waals surface area contributed by atoms with Gasteiger partial charge in [-0.25, -0.2) is 0 Å². The highest BCUT2D eigenvalue weighted by Crippen LogP contribution is 2.57. The minimum absolute atomic E-state index is 0.311. The van der Waals surface area contributed by atoms with Gasteiger partial charge in [0, 0.05) is 16.3 Å². The van der Waals surface area contributed by atoms with Gasteiger partial charge in [0.25, 0.3) is 0 Å². The third kappa shape index (κ3) is 3.45. The van der Waals surface area contributed by atoms with Gasteiger partial charge in [-0.3, -0.25) is 4.79 Å². The maximum Gasteiger partial charge on any atom is 0.313 e. The van der Waals surface area contributed by atoms with E-state index in [1.165, 1.54) is 7.11 Å². The van der Waals surface area contributed by atoms with Gasteiger partial charge < -0.3 is 9.30 Å². The van der Waals surface area contributed by atoms with E-state index in [0.717, 1.165) is 33.7 Å². The Labute approximate surface area is 172 Å². The van der Waals surface area contributed by atoms with E-state index in [4.69, 9.17) is 4.74 Å². The van der Waals surface area contributed by atoms with Crippen LogP contribution in [0.1, 0.15) is 29.0 Å². The molecule has 148 valence electrons. The highest BCUT2D eigenvalue weighted by molar-refractivity contribution is 7.79. The lowest BCUT2D eigenvalue weighted by molar-refractivity contribution is -0.142. The van der Waals surface area contributed by atoms with Gasteiger partial charge in [0.2, 0.25) is 0 Å². The molecule has 0 aliphatic heterocycles. The van der Waals surface area contributed by atoms with Crippen molar-refractivity contribution in [3.8, 4) is 0 Å². The Bertz CT molecular complexity index is 1020. The quantitative estimate of drug-likeness (QED) is 0.472. The Morgan fingerprint density at radius 1 is 0.931 bits per heavy atom. The molecular weight excluding hydrogens is 379 g/mol. The van der Waals surface area contributed by atoms with E-state index >= 15 is 0 Å². The molecular formula is C25H25O3P. The molecule has 0 saturated carbocycles. The second-order valence-electron chi connectivity index (χ2n) is 7.64. The van der Waals surface area contributed by atoms with Crippen molar-refractivity contribution in [1.29, 1.82) is 0 Å². The Morgan fingerprint density at radius 3 is 2.07 bits per heavy atom. The predicted octanol–water partition coefficient (Wildman–Crippen LogP) is 4.58. The lowest BCUT2D eigenvalue weighted by atomic mass is 9.81. The third-order valence-electron chi connectivity index (χ3n) is 5.93. The number of hydrogen-bond donors (Lipinski definition) is 0. The van der Waals surface area contributed by atoms with Crippen LogP contribution in [0.2, 0.25) is 0 Å². The molecule has 0 fully saturated rings. The topological polar surface area (TPSA) is 43.4 Å². The normalized spacial score (nSPS) is 18.7. The van der Waals surface area contributed by atoms with Crippen LogP contribution in [0.25, 0.3) is 0 Å². The molecule has 1 aliphatic carbocycles. The second-order valence-corrected chi connectivity index (χ2v) is 10.7. The number of aryl methyl sites for hydroxylation is 2. The van der Waals surface area contributed by atoms with Crippen molar-refractivity contribution in [3.05, 3.63) is 95.6 Å². The minimum Gasteiger partial charge on any atom is -0.469 e. The number of rotatable bonds is 4. The van der Waals surface area contributed by atoms with Gasteiger partial charge in [-0.1, -0.05) is 84.4 Å². The van der Waals surface area contributed by atoms with Crippen LogP contribution in [0.3, 0.4) is 0 Å². The zero-order valence-electron chi connectivity index (χ0n) is 16.7. The second kappa shape index (κ2) is 8.00. The molecule has 0 bridgehead atoms. The maximum absolute atomic E-state index is 14.9. The van der Waals surface area contributed by atoms with Gasteiger partial charge in [0.1, 0.15) is 7.14 Å². The van der Waals surface area contributed by atoms with E-state index < -0.39 is 13.1 Å². The first kappa shape index (κ1) is 19.7. The number of ether oxygens (including phenoxy) is 1. The molecule has 0 N–H and O–H groups in total. The molecule has 0 unspecified atom stereocenters. The Hall–Kier alpha value is -2.64. The zero-order chi connectivity index (χ0) is 20.4. The van der Waals surface area contributed by atoms with E-state index in [0.29, 0.717) is 6.42 Å². The summed E-state index contributed by atoms with van der Waals surface area (Å²) in [5, 5.41) is 1.59.